The zero-order chi connectivity index (χ0) is 69.5. The molecule has 0 radical (unpaired) electrons. The lowest BCUT2D eigenvalue weighted by atomic mass is 10.1. The molecule has 0 bridgehead atoms. The minimum atomic E-state index is -4.97. The van der Waals surface area contributed by atoms with Crippen molar-refractivity contribution in [1.29, 1.82) is 0 Å². The summed E-state index contributed by atoms with van der Waals surface area (Å²) < 4.78 is 60.8. The highest BCUT2D eigenvalue weighted by Gasteiger charge is 2.29. The number of phosphoric acid groups is 2. The number of carbonyl (C=O) groups is 3. The number of aliphatic hydroxyl groups is 2. The van der Waals surface area contributed by atoms with Crippen molar-refractivity contribution < 1.29 is 75.8 Å². The van der Waals surface area contributed by atoms with E-state index in [2.05, 4.69) is 209 Å². The number of phosphoric ester groups is 2. The van der Waals surface area contributed by atoms with Gasteiger partial charge in [0.05, 0.1) is 26.4 Å². The summed E-state index contributed by atoms with van der Waals surface area (Å²) in [6.07, 6.45) is 89.0. The van der Waals surface area contributed by atoms with E-state index in [9.17, 15) is 43.5 Å². The Balaban J connectivity index is 4.89. The standard InChI is InChI=1S/C77H118O16P2/c1-4-7-10-13-16-19-22-25-28-31-34-35-38-40-42-45-48-51-54-57-60-63-75(80)87-66-72(78)67-89-94(83,84)90-68-73(79)69-91-95(85,86)92-71-74(93-77(82)65-62-59-56-53-50-47-44-41-37-33-30-27-24-21-18-15-12-9-6-3)70-88-76(81)64-61-58-55-52-49-46-43-39-36-32-29-26-23-20-17-14-11-8-5-2/h7-12,16-21,25-30,34-37,39-42,46-51,55,58,72-74,78-79H,4-6,13-15,22-24,31-33,38,43-45,52-54,56-57,59-71H2,1-3H3,(H,83,84)(H,85,86)/b10-7-,11-8-,12-9-,19-16-,20-17-,21-18-,28-25-,29-26-,30-27-,35-34-,39-36-,41-37-,42-40-,49-46-,50-47-,51-48-,58-55-. The van der Waals surface area contributed by atoms with Gasteiger partial charge in [0.15, 0.2) is 6.10 Å². The zero-order valence-corrected chi connectivity index (χ0v) is 59.3. The summed E-state index contributed by atoms with van der Waals surface area (Å²) in [7, 11) is -9.85. The molecule has 0 aliphatic carbocycles. The number of carbonyl (C=O) groups excluding carboxylic acids is 3. The first kappa shape index (κ1) is 89.1. The number of ether oxygens (including phenoxy) is 3. The largest absolute Gasteiger partial charge is 0.472 e. The Bertz CT molecular complexity index is 2560. The first-order valence-corrected chi connectivity index (χ1v) is 37.4. The van der Waals surface area contributed by atoms with E-state index < -0.39 is 91.5 Å². The molecule has 95 heavy (non-hydrogen) atoms. The van der Waals surface area contributed by atoms with Crippen LogP contribution in [0.15, 0.2) is 207 Å². The van der Waals surface area contributed by atoms with Crippen LogP contribution in [0, 0.1) is 0 Å². The number of hydrogen-bond acceptors (Lipinski definition) is 14. The molecule has 0 amide bonds. The number of rotatable bonds is 62. The van der Waals surface area contributed by atoms with Gasteiger partial charge >= 0.3 is 33.6 Å². The molecule has 532 valence electrons. The van der Waals surface area contributed by atoms with Crippen LogP contribution in [0.2, 0.25) is 0 Å². The van der Waals surface area contributed by atoms with Crippen molar-refractivity contribution in [3.05, 3.63) is 207 Å². The monoisotopic (exact) mass is 1360 g/mol. The topological polar surface area (TPSA) is 231 Å². The first-order chi connectivity index (χ1) is 46.2. The third-order valence-corrected chi connectivity index (χ3v) is 14.9. The third-order valence-electron chi connectivity index (χ3n) is 13.0. The highest BCUT2D eigenvalue weighted by atomic mass is 31.2. The molecule has 0 aromatic rings. The van der Waals surface area contributed by atoms with Gasteiger partial charge in [-0.05, 0) is 154 Å². The summed E-state index contributed by atoms with van der Waals surface area (Å²) in [5.74, 6) is -1.78. The molecule has 0 aromatic heterocycles. The lowest BCUT2D eigenvalue weighted by molar-refractivity contribution is -0.161. The van der Waals surface area contributed by atoms with Crippen molar-refractivity contribution in [2.24, 2.45) is 0 Å². The smallest absolute Gasteiger partial charge is 0.463 e. The fourth-order valence-electron chi connectivity index (χ4n) is 7.86. The minimum Gasteiger partial charge on any atom is -0.463 e. The third kappa shape index (κ3) is 69.3. The van der Waals surface area contributed by atoms with Gasteiger partial charge in [-0.2, -0.15) is 0 Å². The van der Waals surface area contributed by atoms with Gasteiger partial charge < -0.3 is 34.2 Å². The molecule has 0 fully saturated rings. The van der Waals surface area contributed by atoms with Crippen LogP contribution in [0.4, 0.5) is 0 Å². The summed E-state index contributed by atoms with van der Waals surface area (Å²) in [5, 5.41) is 20.6. The maximum atomic E-state index is 12.9. The summed E-state index contributed by atoms with van der Waals surface area (Å²) in [4.78, 5) is 58.4. The van der Waals surface area contributed by atoms with E-state index in [1.165, 1.54) is 0 Å². The number of hydrogen-bond donors (Lipinski definition) is 4. The fourth-order valence-corrected chi connectivity index (χ4v) is 9.44. The van der Waals surface area contributed by atoms with Crippen LogP contribution in [0.25, 0.3) is 0 Å². The normalized spacial score (nSPS) is 15.4. The Morgan fingerprint density at radius 1 is 0.295 bits per heavy atom. The van der Waals surface area contributed by atoms with Crippen LogP contribution in [-0.2, 0) is 55.8 Å². The van der Waals surface area contributed by atoms with E-state index >= 15 is 0 Å². The van der Waals surface area contributed by atoms with Gasteiger partial charge in [0, 0.05) is 19.3 Å². The number of unbranched alkanes of at least 4 members (excludes halogenated alkanes) is 5. The van der Waals surface area contributed by atoms with Crippen LogP contribution in [-0.4, -0.2) is 95.9 Å². The molecule has 0 rings (SSSR count). The van der Waals surface area contributed by atoms with Crippen LogP contribution in [0.3, 0.4) is 0 Å². The van der Waals surface area contributed by atoms with Gasteiger partial charge in [0.25, 0.3) is 0 Å². The lowest BCUT2D eigenvalue weighted by Gasteiger charge is -2.21. The predicted molar refractivity (Wildman–Crippen MR) is 389 cm³/mol. The Morgan fingerprint density at radius 2 is 0.547 bits per heavy atom. The maximum absolute atomic E-state index is 12.9. The Kier molecular flexibility index (Phi) is 63.9. The van der Waals surface area contributed by atoms with Gasteiger partial charge in [0.2, 0.25) is 0 Å². The molecule has 0 aromatic carbocycles. The molecule has 0 spiro atoms. The molecule has 4 N–H and O–H groups in total. The van der Waals surface area contributed by atoms with Gasteiger partial charge in [-0.25, -0.2) is 9.13 Å². The summed E-state index contributed by atoms with van der Waals surface area (Å²) in [5.41, 5.74) is 0. The van der Waals surface area contributed by atoms with E-state index in [4.69, 9.17) is 32.3 Å². The first-order valence-electron chi connectivity index (χ1n) is 34.4. The SMILES string of the molecule is CC/C=C\C/C=C\C/C=C\C/C=C\C/C=C\C/C=C\CCCCC(=O)OCC(O)COP(=O)(O)OCC(O)COP(=O)(O)OCC(COC(=O)CC/C=C\C/C=C\C/C=C\C/C=C\C/C=C\C/C=C\CC)OC(=O)CCCCC/C=C\C/C=C\C/C=C\C/C=C\C/C=C\CC. The molecule has 5 unspecified atom stereocenters. The van der Waals surface area contributed by atoms with Crippen molar-refractivity contribution in [3.63, 3.8) is 0 Å². The van der Waals surface area contributed by atoms with Crippen molar-refractivity contribution in [1.82, 2.24) is 0 Å². The van der Waals surface area contributed by atoms with E-state index in [0.29, 0.717) is 25.7 Å². The van der Waals surface area contributed by atoms with Crippen molar-refractivity contribution >= 4 is 33.6 Å². The second kappa shape index (κ2) is 68.1. The molecular weight excluding hydrogens is 1240 g/mol. The molecular formula is C77H118O16P2. The van der Waals surface area contributed by atoms with Gasteiger partial charge in [-0.1, -0.05) is 234 Å². The highest BCUT2D eigenvalue weighted by molar-refractivity contribution is 7.47. The Hall–Kier alpha value is -5.87. The Morgan fingerprint density at radius 3 is 0.895 bits per heavy atom. The summed E-state index contributed by atoms with van der Waals surface area (Å²) >= 11 is 0. The molecule has 0 aliphatic rings. The van der Waals surface area contributed by atoms with Crippen LogP contribution in [0.5, 0.6) is 0 Å². The minimum absolute atomic E-state index is 0.0265. The summed E-state index contributed by atoms with van der Waals surface area (Å²) in [6, 6.07) is 0. The molecule has 0 saturated carbocycles. The average Bonchev–Trinajstić information content (AvgIpc) is 1.70. The Labute approximate surface area is 571 Å². The van der Waals surface area contributed by atoms with Gasteiger partial charge in [-0.15, -0.1) is 0 Å². The van der Waals surface area contributed by atoms with Gasteiger partial charge in [-0.3, -0.25) is 32.5 Å². The lowest BCUT2D eigenvalue weighted by Crippen LogP contribution is -2.30. The van der Waals surface area contributed by atoms with Crippen molar-refractivity contribution in [3.8, 4) is 0 Å². The van der Waals surface area contributed by atoms with Crippen LogP contribution >= 0.6 is 15.6 Å². The highest BCUT2D eigenvalue weighted by Crippen LogP contribution is 2.45. The molecule has 0 heterocycles. The van der Waals surface area contributed by atoms with E-state index in [-0.39, 0.29) is 19.3 Å². The number of esters is 3. The van der Waals surface area contributed by atoms with E-state index in [0.717, 1.165) is 135 Å². The molecule has 5 atom stereocenters. The van der Waals surface area contributed by atoms with Crippen LogP contribution in [0.1, 0.15) is 201 Å². The van der Waals surface area contributed by atoms with Gasteiger partial charge in [0.1, 0.15) is 25.4 Å². The van der Waals surface area contributed by atoms with E-state index in [1.807, 2.05) is 18.2 Å². The van der Waals surface area contributed by atoms with Crippen molar-refractivity contribution in [2.45, 2.75) is 219 Å². The fraction of sp³-hybridized carbons (Fsp3) is 0.519. The second-order valence-corrected chi connectivity index (χ2v) is 24.7. The van der Waals surface area contributed by atoms with E-state index in [1.54, 1.807) is 0 Å². The number of aliphatic hydroxyl groups excluding tert-OH is 2. The quantitative estimate of drug-likeness (QED) is 0.0146. The maximum Gasteiger partial charge on any atom is 0.472 e. The molecule has 18 heteroatoms. The van der Waals surface area contributed by atoms with Crippen LogP contribution < -0.4 is 0 Å². The second-order valence-electron chi connectivity index (χ2n) is 21.8. The molecule has 16 nitrogen and oxygen atoms in total. The average molecular weight is 1360 g/mol. The van der Waals surface area contributed by atoms with Crippen molar-refractivity contribution in [2.75, 3.05) is 39.6 Å². The molecule has 0 saturated heterocycles. The predicted octanol–water partition coefficient (Wildman–Crippen LogP) is 19.4. The zero-order valence-electron chi connectivity index (χ0n) is 57.5. The number of allylic oxidation sites excluding steroid dienone is 34. The summed E-state index contributed by atoms with van der Waals surface area (Å²) in [6.45, 7) is 2.09. The molecule has 0 aliphatic heterocycles.